The summed E-state index contributed by atoms with van der Waals surface area (Å²) in [7, 11) is 0. The summed E-state index contributed by atoms with van der Waals surface area (Å²) in [4.78, 5) is 24.6. The monoisotopic (exact) mass is 210 g/mol. The van der Waals surface area contributed by atoms with Crippen LogP contribution in [0.15, 0.2) is 21.9 Å². The molecule has 0 aromatic carbocycles. The second kappa shape index (κ2) is 4.02. The topological polar surface area (TPSA) is 75.1 Å². The molecule has 0 unspecified atom stereocenters. The molecule has 15 heavy (non-hydrogen) atoms. The van der Waals surface area contributed by atoms with E-state index in [0.29, 0.717) is 0 Å². The zero-order valence-corrected chi connectivity index (χ0v) is 8.35. The quantitative estimate of drug-likeness (QED) is 0.685. The lowest BCUT2D eigenvalue weighted by atomic mass is 9.93. The Bertz CT molecular complexity index is 440. The molecule has 0 spiro atoms. The number of aliphatic hydroxyl groups excluding tert-OH is 1. The van der Waals surface area contributed by atoms with Gasteiger partial charge in [-0.25, -0.2) is 4.79 Å². The molecule has 0 atom stereocenters. The van der Waals surface area contributed by atoms with Gasteiger partial charge in [-0.2, -0.15) is 0 Å². The molecule has 5 nitrogen and oxygen atoms in total. The van der Waals surface area contributed by atoms with Crippen LogP contribution in [0, 0.1) is 0 Å². The predicted octanol–water partition coefficient (Wildman–Crippen LogP) is 0.0126. The van der Waals surface area contributed by atoms with Gasteiger partial charge in [0.25, 0.3) is 5.56 Å². The van der Waals surface area contributed by atoms with Crippen LogP contribution < -0.4 is 11.2 Å². The van der Waals surface area contributed by atoms with Gasteiger partial charge in [0, 0.05) is 18.3 Å². The number of aliphatic hydroxyl groups is 1. The van der Waals surface area contributed by atoms with E-state index in [1.54, 1.807) is 4.57 Å². The minimum atomic E-state index is -0.368. The Hall–Kier alpha value is -1.36. The third-order valence-corrected chi connectivity index (χ3v) is 2.91. The van der Waals surface area contributed by atoms with Gasteiger partial charge in [0.15, 0.2) is 0 Å². The minimum absolute atomic E-state index is 0.109. The highest BCUT2D eigenvalue weighted by atomic mass is 16.3. The molecule has 1 aliphatic rings. The maximum atomic E-state index is 11.5. The van der Waals surface area contributed by atoms with Crippen LogP contribution in [-0.4, -0.2) is 20.8 Å². The lowest BCUT2D eigenvalue weighted by molar-refractivity contribution is 0.109. The number of hydrogen-bond acceptors (Lipinski definition) is 3. The van der Waals surface area contributed by atoms with E-state index in [1.165, 1.54) is 12.3 Å². The maximum absolute atomic E-state index is 11.5. The molecule has 2 rings (SSSR count). The van der Waals surface area contributed by atoms with Crippen LogP contribution in [-0.2, 0) is 0 Å². The Balaban J connectivity index is 2.23. The molecule has 5 heteroatoms. The molecule has 0 amide bonds. The number of aromatic amines is 1. The number of aromatic nitrogens is 2. The first-order chi connectivity index (χ1) is 7.16. The van der Waals surface area contributed by atoms with Gasteiger partial charge in [-0.05, 0) is 25.7 Å². The van der Waals surface area contributed by atoms with Gasteiger partial charge in [-0.3, -0.25) is 14.3 Å². The van der Waals surface area contributed by atoms with Gasteiger partial charge >= 0.3 is 5.69 Å². The van der Waals surface area contributed by atoms with Crippen LogP contribution >= 0.6 is 0 Å². The molecule has 1 heterocycles. The molecule has 1 saturated carbocycles. The summed E-state index contributed by atoms with van der Waals surface area (Å²) in [5.41, 5.74) is -0.726. The Labute approximate surface area is 86.4 Å². The fourth-order valence-corrected chi connectivity index (χ4v) is 2.05. The van der Waals surface area contributed by atoms with Crippen molar-refractivity contribution in [1.29, 1.82) is 0 Å². The highest BCUT2D eigenvalue weighted by Gasteiger charge is 2.21. The summed E-state index contributed by atoms with van der Waals surface area (Å²) in [6, 6.07) is 1.46. The van der Waals surface area contributed by atoms with Crippen molar-refractivity contribution < 1.29 is 5.11 Å². The maximum Gasteiger partial charge on any atom is 0.328 e. The fraction of sp³-hybridized carbons (Fsp3) is 0.600. The molecule has 1 aromatic rings. The summed E-state index contributed by atoms with van der Waals surface area (Å²) in [5.74, 6) is 0. The van der Waals surface area contributed by atoms with Gasteiger partial charge < -0.3 is 5.11 Å². The van der Waals surface area contributed by atoms with Crippen molar-refractivity contribution in [1.82, 2.24) is 9.55 Å². The molecule has 0 aliphatic heterocycles. The number of nitrogens with zero attached hydrogens (tertiary/aromatic N) is 1. The van der Waals surface area contributed by atoms with Crippen molar-refractivity contribution in [3.05, 3.63) is 33.1 Å². The molecular weight excluding hydrogens is 196 g/mol. The van der Waals surface area contributed by atoms with Crippen LogP contribution in [0.3, 0.4) is 0 Å². The standard InChI is InChI=1S/C10H14N2O3/c13-8-3-1-7(2-4-8)12-6-5-9(14)11-10(12)15/h5-8,13H,1-4H2,(H,11,14,15). The van der Waals surface area contributed by atoms with E-state index in [9.17, 15) is 14.7 Å². The molecule has 1 aromatic heterocycles. The smallest absolute Gasteiger partial charge is 0.328 e. The zero-order valence-electron chi connectivity index (χ0n) is 8.35. The van der Waals surface area contributed by atoms with E-state index in [1.807, 2.05) is 0 Å². The predicted molar refractivity (Wildman–Crippen MR) is 54.8 cm³/mol. The van der Waals surface area contributed by atoms with Crippen molar-refractivity contribution in [2.45, 2.75) is 37.8 Å². The second-order valence-electron chi connectivity index (χ2n) is 3.98. The summed E-state index contributed by atoms with van der Waals surface area (Å²) in [5, 5.41) is 9.34. The second-order valence-corrected chi connectivity index (χ2v) is 3.98. The lowest BCUT2D eigenvalue weighted by Crippen LogP contribution is -2.33. The van der Waals surface area contributed by atoms with E-state index in [-0.39, 0.29) is 23.4 Å². The van der Waals surface area contributed by atoms with Crippen molar-refractivity contribution in [3.63, 3.8) is 0 Å². The van der Waals surface area contributed by atoms with Crippen LogP contribution in [0.25, 0.3) is 0 Å². The molecule has 2 N–H and O–H groups in total. The first-order valence-corrected chi connectivity index (χ1v) is 5.16. The van der Waals surface area contributed by atoms with Gasteiger partial charge in [0.2, 0.25) is 0 Å². The molecular formula is C10H14N2O3. The van der Waals surface area contributed by atoms with Crippen LogP contribution in [0.4, 0.5) is 0 Å². The van der Waals surface area contributed by atoms with Crippen molar-refractivity contribution in [3.8, 4) is 0 Å². The van der Waals surface area contributed by atoms with E-state index in [0.717, 1.165) is 25.7 Å². The molecule has 0 saturated heterocycles. The number of rotatable bonds is 1. The third kappa shape index (κ3) is 2.18. The molecule has 82 valence electrons. The largest absolute Gasteiger partial charge is 0.393 e. The van der Waals surface area contributed by atoms with Gasteiger partial charge in [0.1, 0.15) is 0 Å². The highest BCUT2D eigenvalue weighted by Crippen LogP contribution is 2.26. The van der Waals surface area contributed by atoms with Crippen LogP contribution in [0.2, 0.25) is 0 Å². The number of hydrogen-bond donors (Lipinski definition) is 2. The Morgan fingerprint density at radius 3 is 2.53 bits per heavy atom. The SMILES string of the molecule is O=c1ccn(C2CCC(O)CC2)c(=O)[nH]1. The zero-order chi connectivity index (χ0) is 10.8. The summed E-state index contributed by atoms with van der Waals surface area (Å²) in [6.07, 6.45) is 4.30. The van der Waals surface area contributed by atoms with Crippen molar-refractivity contribution in [2.75, 3.05) is 0 Å². The Kier molecular flexibility index (Phi) is 2.73. The van der Waals surface area contributed by atoms with E-state index >= 15 is 0 Å². The average Bonchev–Trinajstić information content (AvgIpc) is 2.20. The Morgan fingerprint density at radius 1 is 1.27 bits per heavy atom. The van der Waals surface area contributed by atoms with Gasteiger partial charge in [-0.15, -0.1) is 0 Å². The van der Waals surface area contributed by atoms with Gasteiger partial charge in [0.05, 0.1) is 6.10 Å². The minimum Gasteiger partial charge on any atom is -0.393 e. The highest BCUT2D eigenvalue weighted by molar-refractivity contribution is 4.87. The number of H-pyrrole nitrogens is 1. The first-order valence-electron chi connectivity index (χ1n) is 5.16. The van der Waals surface area contributed by atoms with Crippen LogP contribution in [0.5, 0.6) is 0 Å². The average molecular weight is 210 g/mol. The summed E-state index contributed by atoms with van der Waals surface area (Å²) >= 11 is 0. The van der Waals surface area contributed by atoms with Crippen LogP contribution in [0.1, 0.15) is 31.7 Å². The molecule has 1 aliphatic carbocycles. The van der Waals surface area contributed by atoms with E-state index in [2.05, 4.69) is 4.98 Å². The fourth-order valence-electron chi connectivity index (χ4n) is 2.05. The third-order valence-electron chi connectivity index (χ3n) is 2.91. The van der Waals surface area contributed by atoms with Crippen molar-refractivity contribution in [2.24, 2.45) is 0 Å². The number of nitrogens with one attached hydrogen (secondary N) is 1. The Morgan fingerprint density at radius 2 is 1.93 bits per heavy atom. The molecule has 0 bridgehead atoms. The lowest BCUT2D eigenvalue weighted by Gasteiger charge is -2.26. The normalized spacial score (nSPS) is 26.5. The molecule has 1 fully saturated rings. The summed E-state index contributed by atoms with van der Waals surface area (Å²) in [6.45, 7) is 0. The van der Waals surface area contributed by atoms with Gasteiger partial charge in [-0.1, -0.05) is 0 Å². The molecule has 0 radical (unpaired) electrons. The van der Waals surface area contributed by atoms with E-state index < -0.39 is 0 Å². The summed E-state index contributed by atoms with van der Waals surface area (Å²) < 4.78 is 1.55. The van der Waals surface area contributed by atoms with Crippen molar-refractivity contribution >= 4 is 0 Å². The first kappa shape index (κ1) is 10.2. The van der Waals surface area contributed by atoms with E-state index in [4.69, 9.17) is 0 Å².